The van der Waals surface area contributed by atoms with Crippen molar-refractivity contribution in [2.24, 2.45) is 10.9 Å². The lowest BCUT2D eigenvalue weighted by molar-refractivity contribution is 0.177. The highest BCUT2D eigenvalue weighted by Gasteiger charge is 2.32. The van der Waals surface area contributed by atoms with Crippen molar-refractivity contribution in [2.45, 2.75) is 64.1 Å². The zero-order valence-electron chi connectivity index (χ0n) is 18.8. The first-order valence-electron chi connectivity index (χ1n) is 11.7. The lowest BCUT2D eigenvalue weighted by Gasteiger charge is -2.34. The molecule has 4 rings (SSSR count). The van der Waals surface area contributed by atoms with Gasteiger partial charge in [0.1, 0.15) is 0 Å². The highest BCUT2D eigenvalue weighted by atomic mass is 127. The van der Waals surface area contributed by atoms with Crippen molar-refractivity contribution >= 4 is 29.9 Å². The van der Waals surface area contributed by atoms with Gasteiger partial charge in [0, 0.05) is 45.3 Å². The van der Waals surface area contributed by atoms with Crippen LogP contribution >= 0.6 is 24.0 Å². The van der Waals surface area contributed by atoms with Gasteiger partial charge in [-0.25, -0.2) is 0 Å². The van der Waals surface area contributed by atoms with Crippen molar-refractivity contribution in [1.82, 2.24) is 20.4 Å². The van der Waals surface area contributed by atoms with Gasteiger partial charge < -0.3 is 15.5 Å². The Labute approximate surface area is 200 Å². The first-order valence-corrected chi connectivity index (χ1v) is 11.7. The zero-order valence-corrected chi connectivity index (χ0v) is 21.1. The third kappa shape index (κ3) is 7.09. The summed E-state index contributed by atoms with van der Waals surface area (Å²) in [7, 11) is 1.90. The smallest absolute Gasteiger partial charge is 0.191 e. The van der Waals surface area contributed by atoms with Gasteiger partial charge in [0.25, 0.3) is 0 Å². The fourth-order valence-corrected chi connectivity index (χ4v) is 4.78. The molecule has 0 radical (unpaired) electrons. The second-order valence-electron chi connectivity index (χ2n) is 9.34. The van der Waals surface area contributed by atoms with Crippen LogP contribution in [0.4, 0.5) is 0 Å². The number of nitrogens with one attached hydrogen (secondary N) is 2. The van der Waals surface area contributed by atoms with Crippen molar-refractivity contribution in [3.05, 3.63) is 35.4 Å². The topological polar surface area (TPSA) is 42.9 Å². The summed E-state index contributed by atoms with van der Waals surface area (Å²) in [5.74, 6) is 1.75. The third-order valence-electron chi connectivity index (χ3n) is 6.95. The molecule has 5 nitrogen and oxygen atoms in total. The number of nitrogens with zero attached hydrogens (tertiary/aromatic N) is 3. The first kappa shape index (κ1) is 23.8. The number of halogens is 1. The van der Waals surface area contributed by atoms with Crippen molar-refractivity contribution in [3.8, 4) is 0 Å². The van der Waals surface area contributed by atoms with Gasteiger partial charge in [-0.2, -0.15) is 0 Å². The summed E-state index contributed by atoms with van der Waals surface area (Å²) in [6, 6.07) is 10.5. The van der Waals surface area contributed by atoms with E-state index >= 15 is 0 Å². The fraction of sp³-hybridized carbons (Fsp3) is 0.708. The van der Waals surface area contributed by atoms with Gasteiger partial charge in [0.2, 0.25) is 0 Å². The lowest BCUT2D eigenvalue weighted by atomic mass is 9.96. The third-order valence-corrected chi connectivity index (χ3v) is 6.95. The largest absolute Gasteiger partial charge is 0.356 e. The van der Waals surface area contributed by atoms with Crippen LogP contribution in [0, 0.1) is 12.8 Å². The predicted octanol–water partition coefficient (Wildman–Crippen LogP) is 3.62. The number of hydrogen-bond acceptors (Lipinski definition) is 3. The van der Waals surface area contributed by atoms with E-state index in [1.54, 1.807) is 0 Å². The van der Waals surface area contributed by atoms with Crippen LogP contribution in [0.5, 0.6) is 0 Å². The Hall–Kier alpha value is -0.860. The molecular formula is C24H40IN5. The van der Waals surface area contributed by atoms with E-state index in [1.807, 2.05) is 7.05 Å². The molecule has 30 heavy (non-hydrogen) atoms. The molecule has 0 amide bonds. The number of likely N-dealkylation sites (tertiary alicyclic amines) is 2. The van der Waals surface area contributed by atoms with Crippen LogP contribution in [0.15, 0.2) is 29.3 Å². The molecule has 1 aromatic carbocycles. The summed E-state index contributed by atoms with van der Waals surface area (Å²) in [6.07, 6.45) is 7.88. The van der Waals surface area contributed by atoms with E-state index < -0.39 is 0 Å². The normalized spacial score (nSPS) is 22.5. The first-order chi connectivity index (χ1) is 14.2. The van der Waals surface area contributed by atoms with Crippen molar-refractivity contribution in [2.75, 3.05) is 39.8 Å². The molecule has 0 unspecified atom stereocenters. The predicted molar refractivity (Wildman–Crippen MR) is 137 cm³/mol. The Bertz CT molecular complexity index is 657. The Morgan fingerprint density at radius 2 is 1.63 bits per heavy atom. The van der Waals surface area contributed by atoms with Crippen molar-refractivity contribution in [3.63, 3.8) is 0 Å². The van der Waals surface area contributed by atoms with Gasteiger partial charge in [-0.3, -0.25) is 9.89 Å². The molecule has 0 spiro atoms. The highest BCUT2D eigenvalue weighted by molar-refractivity contribution is 14.0. The molecule has 168 valence electrons. The van der Waals surface area contributed by atoms with Gasteiger partial charge in [-0.1, -0.05) is 29.8 Å². The van der Waals surface area contributed by atoms with Gasteiger partial charge in [-0.05, 0) is 70.0 Å². The van der Waals surface area contributed by atoms with E-state index in [1.165, 1.54) is 75.8 Å². The lowest BCUT2D eigenvalue weighted by Crippen LogP contribution is -2.50. The second-order valence-corrected chi connectivity index (χ2v) is 9.34. The number of rotatable bonds is 6. The number of aliphatic imine (C=N–C) groups is 1. The maximum atomic E-state index is 4.48. The van der Waals surface area contributed by atoms with Crippen LogP contribution < -0.4 is 10.6 Å². The van der Waals surface area contributed by atoms with Gasteiger partial charge >= 0.3 is 0 Å². The van der Waals surface area contributed by atoms with Crippen LogP contribution in [0.3, 0.4) is 0 Å². The fourth-order valence-electron chi connectivity index (χ4n) is 4.78. The number of aryl methyl sites for hydroxylation is 1. The monoisotopic (exact) mass is 525 g/mol. The van der Waals surface area contributed by atoms with E-state index in [9.17, 15) is 0 Å². The molecule has 3 fully saturated rings. The van der Waals surface area contributed by atoms with Crippen LogP contribution in [-0.4, -0.2) is 67.6 Å². The van der Waals surface area contributed by atoms with Crippen LogP contribution in [-0.2, 0) is 6.54 Å². The molecule has 0 aromatic heterocycles. The molecule has 3 aliphatic rings. The van der Waals surface area contributed by atoms with E-state index in [0.29, 0.717) is 6.04 Å². The summed E-state index contributed by atoms with van der Waals surface area (Å²) in [5, 5.41) is 7.28. The molecule has 2 heterocycles. The molecule has 1 aliphatic carbocycles. The summed E-state index contributed by atoms with van der Waals surface area (Å²) in [4.78, 5) is 9.76. The Morgan fingerprint density at radius 1 is 0.967 bits per heavy atom. The van der Waals surface area contributed by atoms with Crippen molar-refractivity contribution < 1.29 is 0 Å². The molecule has 6 heteroatoms. The Morgan fingerprint density at radius 3 is 2.23 bits per heavy atom. The zero-order chi connectivity index (χ0) is 20.1. The van der Waals surface area contributed by atoms with Crippen molar-refractivity contribution in [1.29, 1.82) is 0 Å². The molecular weight excluding hydrogens is 485 g/mol. The number of hydrogen-bond donors (Lipinski definition) is 2. The minimum Gasteiger partial charge on any atom is -0.356 e. The second kappa shape index (κ2) is 11.7. The minimum atomic E-state index is 0. The molecule has 0 bridgehead atoms. The van der Waals surface area contributed by atoms with Crippen LogP contribution in [0.1, 0.15) is 49.7 Å². The average Bonchev–Trinajstić information content (AvgIpc) is 3.60. The molecule has 0 atom stereocenters. The standard InChI is InChI=1S/C24H39N5.HI/c1-19-3-5-21(6-4-19)18-28-13-9-20(10-14-28)17-26-24(25-2)27-22-11-15-29(16-12-22)23-7-8-23;/h3-6,20,22-23H,7-18H2,1-2H3,(H2,25,26,27);1H. The number of guanidine groups is 1. The summed E-state index contributed by atoms with van der Waals surface area (Å²) < 4.78 is 0. The van der Waals surface area contributed by atoms with E-state index in [4.69, 9.17) is 0 Å². The summed E-state index contributed by atoms with van der Waals surface area (Å²) >= 11 is 0. The Balaban J connectivity index is 0.00000256. The molecule has 1 aromatic rings. The van der Waals surface area contributed by atoms with E-state index in [0.717, 1.165) is 31.0 Å². The van der Waals surface area contributed by atoms with Gasteiger partial charge in [0.15, 0.2) is 5.96 Å². The number of benzene rings is 1. The molecule has 1 saturated carbocycles. The van der Waals surface area contributed by atoms with Crippen LogP contribution in [0.25, 0.3) is 0 Å². The molecule has 2 aliphatic heterocycles. The molecule has 2 saturated heterocycles. The van der Waals surface area contributed by atoms with E-state index in [2.05, 4.69) is 56.6 Å². The average molecular weight is 526 g/mol. The van der Waals surface area contributed by atoms with Crippen LogP contribution in [0.2, 0.25) is 0 Å². The summed E-state index contributed by atoms with van der Waals surface area (Å²) in [5.41, 5.74) is 2.78. The highest BCUT2D eigenvalue weighted by Crippen LogP contribution is 2.29. The number of piperidine rings is 2. The summed E-state index contributed by atoms with van der Waals surface area (Å²) in [6.45, 7) is 9.18. The maximum Gasteiger partial charge on any atom is 0.191 e. The van der Waals surface area contributed by atoms with Gasteiger partial charge in [0.05, 0.1) is 0 Å². The molecule has 2 N–H and O–H groups in total. The minimum absolute atomic E-state index is 0. The van der Waals surface area contributed by atoms with Gasteiger partial charge in [-0.15, -0.1) is 24.0 Å². The van der Waals surface area contributed by atoms with E-state index in [-0.39, 0.29) is 24.0 Å². The maximum absolute atomic E-state index is 4.48. The SMILES string of the molecule is CN=C(NCC1CCN(Cc2ccc(C)cc2)CC1)NC1CCN(C2CC2)CC1.I. The Kier molecular flexibility index (Phi) is 9.26. The quantitative estimate of drug-likeness (QED) is 0.339.